The highest BCUT2D eigenvalue weighted by atomic mass is 79.9. The Morgan fingerprint density at radius 2 is 1.70 bits per heavy atom. The molecule has 0 spiro atoms. The molecule has 2 amide bonds. The zero-order chi connectivity index (χ0) is 21.1. The van der Waals surface area contributed by atoms with Gasteiger partial charge in [0, 0.05) is 48.0 Å². The zero-order valence-electron chi connectivity index (χ0n) is 17.1. The van der Waals surface area contributed by atoms with E-state index < -0.39 is 0 Å². The van der Waals surface area contributed by atoms with Crippen molar-refractivity contribution in [1.29, 1.82) is 0 Å². The Bertz CT molecular complexity index is 1050. The fourth-order valence-corrected chi connectivity index (χ4v) is 4.31. The summed E-state index contributed by atoms with van der Waals surface area (Å²) in [5.74, 6) is 0.463. The summed E-state index contributed by atoms with van der Waals surface area (Å²) in [6, 6.07) is 16.0. The number of fused-ring (bicyclic) bond motifs is 1. The van der Waals surface area contributed by atoms with Crippen molar-refractivity contribution in [3.05, 3.63) is 69.9 Å². The van der Waals surface area contributed by atoms with Crippen LogP contribution in [-0.2, 0) is 11.2 Å². The molecular weight excluding hydrogens is 444 g/mol. The first kappa shape index (κ1) is 20.7. The van der Waals surface area contributed by atoms with Crippen LogP contribution in [0, 0.1) is 6.92 Å². The second-order valence-electron chi connectivity index (χ2n) is 7.71. The molecule has 2 heterocycles. The summed E-state index contributed by atoms with van der Waals surface area (Å²) in [4.78, 5) is 29.2. The van der Waals surface area contributed by atoms with Gasteiger partial charge in [-0.1, -0.05) is 46.3 Å². The summed E-state index contributed by atoms with van der Waals surface area (Å²) in [7, 11) is 0. The van der Waals surface area contributed by atoms with Gasteiger partial charge in [0.25, 0.3) is 5.91 Å². The number of piperazine rings is 1. The minimum atomic E-state index is -0.101. The van der Waals surface area contributed by atoms with Crippen LogP contribution in [0.3, 0.4) is 0 Å². The molecule has 156 valence electrons. The highest BCUT2D eigenvalue weighted by Crippen LogP contribution is 2.29. The predicted octanol–water partition coefficient (Wildman–Crippen LogP) is 4.81. The van der Waals surface area contributed by atoms with Crippen molar-refractivity contribution in [1.82, 2.24) is 9.80 Å². The van der Waals surface area contributed by atoms with Gasteiger partial charge in [-0.25, -0.2) is 0 Å². The molecule has 1 saturated heterocycles. The number of aryl methyl sites for hydroxylation is 2. The van der Waals surface area contributed by atoms with E-state index in [9.17, 15) is 9.59 Å². The molecule has 1 fully saturated rings. The molecule has 2 aromatic carbocycles. The topological polar surface area (TPSA) is 53.8 Å². The summed E-state index contributed by atoms with van der Waals surface area (Å²) >= 11 is 3.47. The third kappa shape index (κ3) is 4.43. The van der Waals surface area contributed by atoms with E-state index in [0.29, 0.717) is 43.9 Å². The number of halogens is 1. The lowest BCUT2D eigenvalue weighted by atomic mass is 10.1. The number of hydrogen-bond acceptors (Lipinski definition) is 3. The summed E-state index contributed by atoms with van der Waals surface area (Å²) in [5, 5.41) is 0.944. The van der Waals surface area contributed by atoms with Gasteiger partial charge >= 0.3 is 0 Å². The molecule has 1 aliphatic rings. The lowest BCUT2D eigenvalue weighted by Crippen LogP contribution is -2.50. The average Bonchev–Trinajstić information content (AvgIpc) is 3.10. The van der Waals surface area contributed by atoms with Gasteiger partial charge < -0.3 is 14.2 Å². The normalized spacial score (nSPS) is 14.3. The predicted molar refractivity (Wildman–Crippen MR) is 121 cm³/mol. The average molecular weight is 469 g/mol. The van der Waals surface area contributed by atoms with Gasteiger partial charge in [0.1, 0.15) is 5.58 Å². The molecule has 0 radical (unpaired) electrons. The van der Waals surface area contributed by atoms with Crippen molar-refractivity contribution in [2.75, 3.05) is 26.2 Å². The van der Waals surface area contributed by atoms with Gasteiger partial charge in [-0.3, -0.25) is 9.59 Å². The Balaban J connectivity index is 1.31. The third-order valence-corrected chi connectivity index (χ3v) is 6.20. The van der Waals surface area contributed by atoms with E-state index >= 15 is 0 Å². The Hall–Kier alpha value is -2.60. The highest BCUT2D eigenvalue weighted by Gasteiger charge is 2.28. The second kappa shape index (κ2) is 9.04. The van der Waals surface area contributed by atoms with E-state index in [-0.39, 0.29) is 11.8 Å². The molecule has 4 rings (SSSR count). The maximum atomic E-state index is 13.0. The van der Waals surface area contributed by atoms with Gasteiger partial charge in [0.2, 0.25) is 5.91 Å². The zero-order valence-corrected chi connectivity index (χ0v) is 18.7. The van der Waals surface area contributed by atoms with Crippen LogP contribution in [0.4, 0.5) is 0 Å². The summed E-state index contributed by atoms with van der Waals surface area (Å²) < 4.78 is 6.80. The minimum absolute atomic E-state index is 0.101. The number of nitrogens with zero attached hydrogens (tertiary/aromatic N) is 2. The van der Waals surface area contributed by atoms with Crippen LogP contribution in [-0.4, -0.2) is 47.8 Å². The Labute approximate surface area is 184 Å². The molecule has 0 atom stereocenters. The number of carbonyl (C=O) groups excluding carboxylic acids is 2. The maximum absolute atomic E-state index is 13.0. The number of benzene rings is 2. The van der Waals surface area contributed by atoms with Crippen molar-refractivity contribution in [3.63, 3.8) is 0 Å². The third-order valence-electron chi connectivity index (χ3n) is 5.71. The fourth-order valence-electron chi connectivity index (χ4n) is 3.95. The van der Waals surface area contributed by atoms with Crippen molar-refractivity contribution in [2.45, 2.75) is 26.2 Å². The van der Waals surface area contributed by atoms with E-state index in [0.717, 1.165) is 28.3 Å². The Morgan fingerprint density at radius 1 is 1.00 bits per heavy atom. The van der Waals surface area contributed by atoms with E-state index in [4.69, 9.17) is 4.42 Å². The number of hydrogen-bond donors (Lipinski definition) is 0. The van der Waals surface area contributed by atoms with Crippen molar-refractivity contribution in [2.24, 2.45) is 0 Å². The molecule has 6 heteroatoms. The minimum Gasteiger partial charge on any atom is -0.451 e. The van der Waals surface area contributed by atoms with Gasteiger partial charge in [-0.05, 0) is 43.5 Å². The van der Waals surface area contributed by atoms with E-state index in [1.807, 2.05) is 48.2 Å². The molecular formula is C24H25BrN2O3. The van der Waals surface area contributed by atoms with E-state index in [2.05, 4.69) is 28.1 Å². The number of rotatable bonds is 5. The lowest BCUT2D eigenvalue weighted by molar-refractivity contribution is -0.132. The van der Waals surface area contributed by atoms with E-state index in [1.54, 1.807) is 4.90 Å². The van der Waals surface area contributed by atoms with Crippen LogP contribution in [0.25, 0.3) is 11.0 Å². The van der Waals surface area contributed by atoms with Crippen LogP contribution < -0.4 is 0 Å². The van der Waals surface area contributed by atoms with Crippen molar-refractivity contribution < 1.29 is 14.0 Å². The lowest BCUT2D eigenvalue weighted by Gasteiger charge is -2.34. The number of amides is 2. The van der Waals surface area contributed by atoms with E-state index in [1.165, 1.54) is 5.56 Å². The van der Waals surface area contributed by atoms with Crippen molar-refractivity contribution >= 4 is 38.7 Å². The standard InChI is InChI=1S/C24H25BrN2O3/c1-17-20-16-19(25)10-11-21(20)30-23(17)24(29)27-14-12-26(13-15-27)22(28)9-5-8-18-6-3-2-4-7-18/h2-4,6-7,10-11,16H,5,8-9,12-15H2,1H3. The van der Waals surface area contributed by atoms with Crippen LogP contribution in [0.5, 0.6) is 0 Å². The van der Waals surface area contributed by atoms with Gasteiger partial charge in [0.05, 0.1) is 0 Å². The monoisotopic (exact) mass is 468 g/mol. The molecule has 1 aliphatic heterocycles. The van der Waals surface area contributed by atoms with Crippen molar-refractivity contribution in [3.8, 4) is 0 Å². The van der Waals surface area contributed by atoms with Gasteiger partial charge in [-0.2, -0.15) is 0 Å². The second-order valence-corrected chi connectivity index (χ2v) is 8.62. The molecule has 0 aliphatic carbocycles. The first-order valence-corrected chi connectivity index (χ1v) is 11.1. The number of furan rings is 1. The number of carbonyl (C=O) groups is 2. The highest BCUT2D eigenvalue weighted by molar-refractivity contribution is 9.10. The SMILES string of the molecule is Cc1c(C(=O)N2CCN(C(=O)CCCc3ccccc3)CC2)oc2ccc(Br)cc12. The molecule has 0 bridgehead atoms. The fraction of sp³-hybridized carbons (Fsp3) is 0.333. The molecule has 3 aromatic rings. The van der Waals surface area contributed by atoms with Gasteiger partial charge in [0.15, 0.2) is 5.76 Å². The first-order chi connectivity index (χ1) is 14.5. The van der Waals surface area contributed by atoms with Crippen LogP contribution in [0.2, 0.25) is 0 Å². The first-order valence-electron chi connectivity index (χ1n) is 10.3. The molecule has 1 aromatic heterocycles. The van der Waals surface area contributed by atoms with Gasteiger partial charge in [-0.15, -0.1) is 0 Å². The Morgan fingerprint density at radius 3 is 2.43 bits per heavy atom. The largest absolute Gasteiger partial charge is 0.451 e. The van der Waals surface area contributed by atoms with Crippen LogP contribution >= 0.6 is 15.9 Å². The summed E-state index contributed by atoms with van der Waals surface area (Å²) in [6.07, 6.45) is 2.29. The molecule has 0 saturated carbocycles. The smallest absolute Gasteiger partial charge is 0.290 e. The summed E-state index contributed by atoms with van der Waals surface area (Å²) in [5.41, 5.74) is 2.83. The van der Waals surface area contributed by atoms with Crippen LogP contribution in [0.15, 0.2) is 57.4 Å². The van der Waals surface area contributed by atoms with Crippen LogP contribution in [0.1, 0.15) is 34.5 Å². The molecule has 5 nitrogen and oxygen atoms in total. The molecule has 0 N–H and O–H groups in total. The molecule has 0 unspecified atom stereocenters. The molecule has 30 heavy (non-hydrogen) atoms. The quantitative estimate of drug-likeness (QED) is 0.539. The summed E-state index contributed by atoms with van der Waals surface area (Å²) in [6.45, 7) is 4.12. The maximum Gasteiger partial charge on any atom is 0.290 e. The Kier molecular flexibility index (Phi) is 6.23.